The zero-order valence-electron chi connectivity index (χ0n) is 15.0. The molecule has 0 saturated heterocycles. The van der Waals surface area contributed by atoms with E-state index >= 15 is 4.39 Å². The molecule has 0 unspecified atom stereocenters. The third-order valence-electron chi connectivity index (χ3n) is 4.96. The average Bonchev–Trinajstić information content (AvgIpc) is 3.46. The van der Waals surface area contributed by atoms with Gasteiger partial charge in [-0.2, -0.15) is 0 Å². The number of halogens is 3. The van der Waals surface area contributed by atoms with Crippen molar-refractivity contribution in [1.82, 2.24) is 9.55 Å². The van der Waals surface area contributed by atoms with Gasteiger partial charge >= 0.3 is 5.97 Å². The van der Waals surface area contributed by atoms with E-state index in [1.54, 1.807) is 19.9 Å². The van der Waals surface area contributed by atoms with Gasteiger partial charge in [-0.3, -0.25) is 9.78 Å². The maximum Gasteiger partial charge on any atom is 0.341 e. The van der Waals surface area contributed by atoms with Crippen LogP contribution in [0.4, 0.5) is 13.2 Å². The smallest absolute Gasteiger partial charge is 0.341 e. The lowest BCUT2D eigenvalue weighted by atomic mass is 9.98. The van der Waals surface area contributed by atoms with Crippen LogP contribution in [0.5, 0.6) is 0 Å². The summed E-state index contributed by atoms with van der Waals surface area (Å²) in [5.74, 6) is -5.79. The predicted octanol–water partition coefficient (Wildman–Crippen LogP) is 4.13. The van der Waals surface area contributed by atoms with Crippen LogP contribution in [0.3, 0.4) is 0 Å². The Balaban J connectivity index is 2.19. The number of aromatic nitrogens is 2. The van der Waals surface area contributed by atoms with Crippen molar-refractivity contribution in [3.05, 3.63) is 63.0 Å². The highest BCUT2D eigenvalue weighted by Gasteiger charge is 2.33. The topological polar surface area (TPSA) is 72.2 Å². The first-order valence-corrected chi connectivity index (χ1v) is 8.65. The highest BCUT2D eigenvalue weighted by molar-refractivity contribution is 5.94. The number of pyridine rings is 2. The molecule has 1 aromatic carbocycles. The van der Waals surface area contributed by atoms with Crippen molar-refractivity contribution in [3.63, 3.8) is 0 Å². The lowest BCUT2D eigenvalue weighted by molar-refractivity contribution is 0.0694. The standard InChI is InChI=1S/C20H15F3N2O3/c1-8-3-6-11(9(2)24-8)13-15(21)16(22)14-18(17(13)23)25(10-4-5-10)7-12(19(14)26)20(27)28/h3,6-7,10H,4-5H2,1-2H3,(H,27,28). The van der Waals surface area contributed by atoms with E-state index in [1.807, 2.05) is 0 Å². The van der Waals surface area contributed by atoms with Crippen molar-refractivity contribution in [2.24, 2.45) is 0 Å². The summed E-state index contributed by atoms with van der Waals surface area (Å²) < 4.78 is 46.5. The van der Waals surface area contributed by atoms with E-state index in [0.29, 0.717) is 24.2 Å². The van der Waals surface area contributed by atoms with Gasteiger partial charge in [0, 0.05) is 29.2 Å². The minimum atomic E-state index is -1.58. The fraction of sp³-hybridized carbons (Fsp3) is 0.250. The maximum absolute atomic E-state index is 15.5. The summed E-state index contributed by atoms with van der Waals surface area (Å²) in [6.45, 7) is 3.26. The van der Waals surface area contributed by atoms with Crippen LogP contribution in [0.2, 0.25) is 0 Å². The third-order valence-corrected chi connectivity index (χ3v) is 4.96. The summed E-state index contributed by atoms with van der Waals surface area (Å²) in [5.41, 5.74) is -2.02. The number of carbonyl (C=O) groups is 1. The number of hydrogen-bond acceptors (Lipinski definition) is 3. The molecule has 1 N–H and O–H groups in total. The molecule has 28 heavy (non-hydrogen) atoms. The lowest BCUT2D eigenvalue weighted by Crippen LogP contribution is -2.21. The molecule has 0 radical (unpaired) electrons. The molecule has 1 saturated carbocycles. The van der Waals surface area contributed by atoms with Crippen molar-refractivity contribution in [1.29, 1.82) is 0 Å². The first kappa shape index (κ1) is 18.2. The summed E-state index contributed by atoms with van der Waals surface area (Å²) in [6.07, 6.45) is 2.25. The van der Waals surface area contributed by atoms with Gasteiger partial charge in [-0.05, 0) is 32.8 Å². The molecule has 2 heterocycles. The van der Waals surface area contributed by atoms with E-state index in [2.05, 4.69) is 4.98 Å². The van der Waals surface area contributed by atoms with E-state index < -0.39 is 50.9 Å². The van der Waals surface area contributed by atoms with E-state index in [0.717, 1.165) is 6.20 Å². The zero-order chi connectivity index (χ0) is 20.3. The van der Waals surface area contributed by atoms with Gasteiger partial charge in [-0.15, -0.1) is 0 Å². The number of aromatic carboxylic acids is 1. The molecule has 3 aromatic rings. The van der Waals surface area contributed by atoms with Crippen molar-refractivity contribution >= 4 is 16.9 Å². The lowest BCUT2D eigenvalue weighted by Gasteiger charge is -2.17. The van der Waals surface area contributed by atoms with Crippen molar-refractivity contribution in [3.8, 4) is 11.1 Å². The van der Waals surface area contributed by atoms with Gasteiger partial charge in [0.15, 0.2) is 17.5 Å². The Morgan fingerprint density at radius 3 is 2.39 bits per heavy atom. The van der Waals surface area contributed by atoms with Crippen molar-refractivity contribution in [2.75, 3.05) is 0 Å². The number of rotatable bonds is 3. The molecule has 1 aliphatic rings. The van der Waals surface area contributed by atoms with Crippen LogP contribution in [0.15, 0.2) is 23.1 Å². The van der Waals surface area contributed by atoms with Gasteiger partial charge in [0.1, 0.15) is 5.56 Å². The Hall–Kier alpha value is -3.16. The molecule has 1 fully saturated rings. The van der Waals surface area contributed by atoms with Gasteiger partial charge in [0.2, 0.25) is 5.43 Å². The van der Waals surface area contributed by atoms with Gasteiger partial charge in [0.05, 0.1) is 16.5 Å². The monoisotopic (exact) mass is 388 g/mol. The minimum Gasteiger partial charge on any atom is -0.477 e. The summed E-state index contributed by atoms with van der Waals surface area (Å²) in [5, 5.41) is 8.36. The Kier molecular flexibility index (Phi) is 4.02. The Labute approximate surface area is 157 Å². The molecule has 0 bridgehead atoms. The number of benzene rings is 1. The van der Waals surface area contributed by atoms with E-state index in [1.165, 1.54) is 10.6 Å². The van der Waals surface area contributed by atoms with Crippen LogP contribution in [0, 0.1) is 31.3 Å². The molecule has 144 valence electrons. The number of carboxylic acids is 1. The second-order valence-corrected chi connectivity index (χ2v) is 6.94. The van der Waals surface area contributed by atoms with E-state index in [-0.39, 0.29) is 11.6 Å². The molecule has 4 rings (SSSR count). The molecular formula is C20H15F3N2O3. The molecular weight excluding hydrogens is 373 g/mol. The van der Waals surface area contributed by atoms with E-state index in [9.17, 15) is 23.5 Å². The van der Waals surface area contributed by atoms with Crippen LogP contribution >= 0.6 is 0 Å². The van der Waals surface area contributed by atoms with Gasteiger partial charge in [-0.25, -0.2) is 18.0 Å². The SMILES string of the molecule is Cc1ccc(-c2c(F)c(F)c3c(=O)c(C(=O)O)cn(C4CC4)c3c2F)c(C)n1. The average molecular weight is 388 g/mol. The molecule has 0 atom stereocenters. The van der Waals surface area contributed by atoms with E-state index in [4.69, 9.17) is 0 Å². The van der Waals surface area contributed by atoms with Gasteiger partial charge in [0.25, 0.3) is 0 Å². The first-order valence-electron chi connectivity index (χ1n) is 8.65. The number of fused-ring (bicyclic) bond motifs is 1. The summed E-state index contributed by atoms with van der Waals surface area (Å²) in [7, 11) is 0. The van der Waals surface area contributed by atoms with Crippen LogP contribution in [0.1, 0.15) is 40.6 Å². The maximum atomic E-state index is 15.5. The predicted molar refractivity (Wildman–Crippen MR) is 96.0 cm³/mol. The highest BCUT2D eigenvalue weighted by Crippen LogP contribution is 2.41. The fourth-order valence-corrected chi connectivity index (χ4v) is 3.47. The fourth-order valence-electron chi connectivity index (χ4n) is 3.47. The van der Waals surface area contributed by atoms with Crippen molar-refractivity contribution in [2.45, 2.75) is 32.7 Å². The molecule has 8 heteroatoms. The van der Waals surface area contributed by atoms with Gasteiger partial charge < -0.3 is 9.67 Å². The molecule has 2 aromatic heterocycles. The van der Waals surface area contributed by atoms with Crippen LogP contribution in [0.25, 0.3) is 22.0 Å². The molecule has 0 amide bonds. The Morgan fingerprint density at radius 1 is 1.14 bits per heavy atom. The largest absolute Gasteiger partial charge is 0.477 e. The highest BCUT2D eigenvalue weighted by atomic mass is 19.2. The Bertz CT molecular complexity index is 1230. The second-order valence-electron chi connectivity index (χ2n) is 6.94. The second kappa shape index (κ2) is 6.19. The third kappa shape index (κ3) is 2.59. The summed E-state index contributed by atoms with van der Waals surface area (Å²) in [4.78, 5) is 28.0. The van der Waals surface area contributed by atoms with Crippen LogP contribution in [-0.4, -0.2) is 20.6 Å². The Morgan fingerprint density at radius 2 is 1.82 bits per heavy atom. The quantitative estimate of drug-likeness (QED) is 0.685. The summed E-state index contributed by atoms with van der Waals surface area (Å²) in [6, 6.07) is 2.71. The number of hydrogen-bond donors (Lipinski definition) is 1. The number of carboxylic acid groups (broad SMARTS) is 1. The molecule has 0 spiro atoms. The van der Waals surface area contributed by atoms with Crippen LogP contribution < -0.4 is 5.43 Å². The van der Waals surface area contributed by atoms with Crippen LogP contribution in [-0.2, 0) is 0 Å². The van der Waals surface area contributed by atoms with Gasteiger partial charge in [-0.1, -0.05) is 6.07 Å². The molecule has 0 aliphatic heterocycles. The minimum absolute atomic E-state index is 0.0681. The zero-order valence-corrected chi connectivity index (χ0v) is 15.0. The summed E-state index contributed by atoms with van der Waals surface area (Å²) >= 11 is 0. The van der Waals surface area contributed by atoms with Crippen molar-refractivity contribution < 1.29 is 23.1 Å². The number of aryl methyl sites for hydroxylation is 2. The molecule has 1 aliphatic carbocycles. The first-order chi connectivity index (χ1) is 13.2. The normalized spacial score (nSPS) is 13.9. The molecule has 5 nitrogen and oxygen atoms in total. The number of nitrogens with zero attached hydrogens (tertiary/aromatic N) is 2.